The molecule has 170 valence electrons. The molecular formula is C23H33IN4O2S. The van der Waals surface area contributed by atoms with E-state index in [2.05, 4.69) is 54.4 Å². The van der Waals surface area contributed by atoms with Crippen LogP contribution in [0.25, 0.3) is 0 Å². The Hall–Kier alpha value is -1.65. The maximum Gasteiger partial charge on any atom is 0.238 e. The number of hydrogen-bond acceptors (Lipinski definition) is 3. The molecule has 1 aliphatic rings. The van der Waals surface area contributed by atoms with Gasteiger partial charge in [0.1, 0.15) is 0 Å². The zero-order valence-electron chi connectivity index (χ0n) is 18.2. The van der Waals surface area contributed by atoms with Crippen molar-refractivity contribution in [2.24, 2.45) is 16.0 Å². The predicted octanol–water partition coefficient (Wildman–Crippen LogP) is 3.59. The van der Waals surface area contributed by atoms with Gasteiger partial charge in [0.05, 0.1) is 4.90 Å². The zero-order valence-corrected chi connectivity index (χ0v) is 21.3. The third-order valence-corrected chi connectivity index (χ3v) is 6.61. The molecule has 0 saturated carbocycles. The van der Waals surface area contributed by atoms with Gasteiger partial charge in [-0.1, -0.05) is 49.4 Å². The highest BCUT2D eigenvalue weighted by atomic mass is 127. The van der Waals surface area contributed by atoms with Crippen molar-refractivity contribution in [2.75, 3.05) is 26.2 Å². The van der Waals surface area contributed by atoms with Gasteiger partial charge in [0, 0.05) is 26.2 Å². The van der Waals surface area contributed by atoms with Gasteiger partial charge in [-0.3, -0.25) is 4.99 Å². The van der Waals surface area contributed by atoms with Crippen LogP contribution in [0.5, 0.6) is 0 Å². The Labute approximate surface area is 203 Å². The van der Waals surface area contributed by atoms with Gasteiger partial charge in [0.25, 0.3) is 0 Å². The van der Waals surface area contributed by atoms with Crippen LogP contribution >= 0.6 is 24.0 Å². The van der Waals surface area contributed by atoms with Crippen LogP contribution in [0, 0.1) is 5.92 Å². The molecule has 0 bridgehead atoms. The third kappa shape index (κ3) is 7.18. The fraction of sp³-hybridized carbons (Fsp3) is 0.435. The average molecular weight is 557 g/mol. The Bertz CT molecular complexity index is 949. The number of rotatable bonds is 6. The van der Waals surface area contributed by atoms with Crippen LogP contribution in [0.1, 0.15) is 37.3 Å². The number of benzene rings is 2. The van der Waals surface area contributed by atoms with Crippen molar-refractivity contribution in [3.8, 4) is 0 Å². The Balaban J connectivity index is 0.00000341. The number of piperidine rings is 1. The van der Waals surface area contributed by atoms with E-state index in [1.807, 2.05) is 0 Å². The fourth-order valence-corrected chi connectivity index (χ4v) is 4.61. The lowest BCUT2D eigenvalue weighted by Gasteiger charge is -2.39. The summed E-state index contributed by atoms with van der Waals surface area (Å²) in [5.74, 6) is 2.09. The number of nitrogens with zero attached hydrogens (tertiary/aromatic N) is 2. The van der Waals surface area contributed by atoms with Crippen LogP contribution in [0.3, 0.4) is 0 Å². The summed E-state index contributed by atoms with van der Waals surface area (Å²) in [6.45, 7) is 7.84. The summed E-state index contributed by atoms with van der Waals surface area (Å²) < 4.78 is 22.8. The van der Waals surface area contributed by atoms with Crippen LogP contribution in [0.4, 0.5) is 0 Å². The van der Waals surface area contributed by atoms with Crippen LogP contribution in [-0.2, 0) is 16.4 Å². The summed E-state index contributed by atoms with van der Waals surface area (Å²) in [4.78, 5) is 7.32. The molecule has 1 fully saturated rings. The molecule has 3 rings (SSSR count). The van der Waals surface area contributed by atoms with Gasteiger partial charge < -0.3 is 10.2 Å². The minimum absolute atomic E-state index is 0. The largest absolute Gasteiger partial charge is 0.357 e. The normalized spacial score (nSPS) is 19.6. The average Bonchev–Trinajstić information content (AvgIpc) is 2.73. The lowest BCUT2D eigenvalue weighted by atomic mass is 9.82. The molecule has 1 heterocycles. The SMILES string of the molecule is CCNC(=NCCc1ccc(S(N)(=O)=O)cc1)N1CCC(c2ccccc2)C(C)C1.I. The number of hydrogen-bond donors (Lipinski definition) is 2. The Morgan fingerprint density at radius 2 is 1.84 bits per heavy atom. The van der Waals surface area contributed by atoms with E-state index in [0.29, 0.717) is 18.4 Å². The van der Waals surface area contributed by atoms with Crippen LogP contribution < -0.4 is 10.5 Å². The van der Waals surface area contributed by atoms with E-state index < -0.39 is 10.0 Å². The van der Waals surface area contributed by atoms with E-state index in [0.717, 1.165) is 44.0 Å². The first kappa shape index (κ1) is 25.6. The molecule has 0 amide bonds. The Morgan fingerprint density at radius 3 is 2.42 bits per heavy atom. The van der Waals surface area contributed by atoms with Crippen molar-refractivity contribution in [3.63, 3.8) is 0 Å². The van der Waals surface area contributed by atoms with Gasteiger partial charge in [0.15, 0.2) is 5.96 Å². The molecule has 0 aromatic heterocycles. The van der Waals surface area contributed by atoms with Gasteiger partial charge in [-0.2, -0.15) is 0 Å². The third-order valence-electron chi connectivity index (χ3n) is 5.68. The highest BCUT2D eigenvalue weighted by Crippen LogP contribution is 2.32. The molecule has 2 aromatic rings. The van der Waals surface area contributed by atoms with E-state index in [9.17, 15) is 8.42 Å². The minimum atomic E-state index is -3.65. The van der Waals surface area contributed by atoms with Crippen molar-refractivity contribution in [1.29, 1.82) is 0 Å². The van der Waals surface area contributed by atoms with E-state index in [1.165, 1.54) is 5.56 Å². The number of sulfonamides is 1. The molecule has 0 spiro atoms. The van der Waals surface area contributed by atoms with E-state index in [4.69, 9.17) is 10.1 Å². The molecule has 8 heteroatoms. The van der Waals surface area contributed by atoms with Gasteiger partial charge in [-0.15, -0.1) is 24.0 Å². The van der Waals surface area contributed by atoms with E-state index >= 15 is 0 Å². The monoisotopic (exact) mass is 556 g/mol. The molecule has 2 unspecified atom stereocenters. The number of halogens is 1. The van der Waals surface area contributed by atoms with Gasteiger partial charge in [-0.25, -0.2) is 13.6 Å². The van der Waals surface area contributed by atoms with Crippen molar-refractivity contribution in [2.45, 2.75) is 37.5 Å². The predicted molar refractivity (Wildman–Crippen MR) is 137 cm³/mol. The molecule has 0 radical (unpaired) electrons. The van der Waals surface area contributed by atoms with E-state index in [-0.39, 0.29) is 28.9 Å². The quantitative estimate of drug-likeness (QED) is 0.324. The van der Waals surface area contributed by atoms with Crippen LogP contribution in [0.15, 0.2) is 64.5 Å². The van der Waals surface area contributed by atoms with Gasteiger partial charge >= 0.3 is 0 Å². The second-order valence-corrected chi connectivity index (χ2v) is 9.47. The molecular weight excluding hydrogens is 523 g/mol. The highest BCUT2D eigenvalue weighted by Gasteiger charge is 2.28. The minimum Gasteiger partial charge on any atom is -0.357 e. The van der Waals surface area contributed by atoms with Gasteiger partial charge in [-0.05, 0) is 54.9 Å². The second kappa shape index (κ2) is 11.8. The Kier molecular flexibility index (Phi) is 9.77. The maximum absolute atomic E-state index is 11.4. The molecule has 6 nitrogen and oxygen atoms in total. The Morgan fingerprint density at radius 1 is 1.16 bits per heavy atom. The summed E-state index contributed by atoms with van der Waals surface area (Å²) in [6.07, 6.45) is 1.86. The number of nitrogens with one attached hydrogen (secondary N) is 1. The first-order valence-electron chi connectivity index (χ1n) is 10.6. The van der Waals surface area contributed by atoms with Crippen LogP contribution in [0.2, 0.25) is 0 Å². The number of nitrogens with two attached hydrogens (primary N) is 1. The molecule has 0 aliphatic carbocycles. The summed E-state index contributed by atoms with van der Waals surface area (Å²) in [6, 6.07) is 17.5. The summed E-state index contributed by atoms with van der Waals surface area (Å²) >= 11 is 0. The second-order valence-electron chi connectivity index (χ2n) is 7.90. The number of guanidine groups is 1. The maximum atomic E-state index is 11.4. The molecule has 1 aliphatic heterocycles. The van der Waals surface area contributed by atoms with Crippen LogP contribution in [-0.4, -0.2) is 45.5 Å². The zero-order chi connectivity index (χ0) is 21.6. The van der Waals surface area contributed by atoms with Crippen molar-refractivity contribution in [3.05, 3.63) is 65.7 Å². The standard InChI is InChI=1S/C23H32N4O2S.HI/c1-3-25-23(26-15-13-19-9-11-21(12-10-19)30(24,28)29)27-16-14-22(18(2)17-27)20-7-5-4-6-8-20;/h4-12,18,22H,3,13-17H2,1-2H3,(H,25,26)(H2,24,28,29);1H. The highest BCUT2D eigenvalue weighted by molar-refractivity contribution is 14.0. The number of likely N-dealkylation sites (tertiary alicyclic amines) is 1. The molecule has 2 atom stereocenters. The van der Waals surface area contributed by atoms with Crippen molar-refractivity contribution < 1.29 is 8.42 Å². The number of primary sulfonamides is 1. The van der Waals surface area contributed by atoms with Crippen molar-refractivity contribution >= 4 is 40.0 Å². The molecule has 2 aromatic carbocycles. The summed E-state index contributed by atoms with van der Waals surface area (Å²) in [7, 11) is -3.65. The molecule has 1 saturated heterocycles. The fourth-order valence-electron chi connectivity index (χ4n) is 4.10. The number of aliphatic imine (C=N–C) groups is 1. The van der Waals surface area contributed by atoms with E-state index in [1.54, 1.807) is 24.3 Å². The molecule has 31 heavy (non-hydrogen) atoms. The smallest absolute Gasteiger partial charge is 0.238 e. The lowest BCUT2D eigenvalue weighted by molar-refractivity contribution is 0.234. The summed E-state index contributed by atoms with van der Waals surface area (Å²) in [5, 5.41) is 8.58. The lowest BCUT2D eigenvalue weighted by Crippen LogP contribution is -2.48. The first-order chi connectivity index (χ1) is 14.4. The van der Waals surface area contributed by atoms with Crippen molar-refractivity contribution in [1.82, 2.24) is 10.2 Å². The first-order valence-corrected chi connectivity index (χ1v) is 12.1. The van der Waals surface area contributed by atoms with Gasteiger partial charge in [0.2, 0.25) is 10.0 Å². The summed E-state index contributed by atoms with van der Waals surface area (Å²) in [5.41, 5.74) is 2.47. The topological polar surface area (TPSA) is 87.8 Å². The molecule has 3 N–H and O–H groups in total.